The summed E-state index contributed by atoms with van der Waals surface area (Å²) < 4.78 is 13.8. The van der Waals surface area contributed by atoms with Gasteiger partial charge in [-0.2, -0.15) is 0 Å². The third-order valence-corrected chi connectivity index (χ3v) is 3.22. The van der Waals surface area contributed by atoms with Crippen molar-refractivity contribution in [1.82, 2.24) is 5.32 Å². The predicted molar refractivity (Wildman–Crippen MR) is 81.3 cm³/mol. The second-order valence-corrected chi connectivity index (χ2v) is 5.22. The number of benzene rings is 2. The molecule has 0 unspecified atom stereocenters. The number of hydrogen-bond donors (Lipinski definition) is 2. The van der Waals surface area contributed by atoms with Gasteiger partial charge in [0.2, 0.25) is 0 Å². The van der Waals surface area contributed by atoms with Gasteiger partial charge in [0.15, 0.2) is 0 Å². The smallest absolute Gasteiger partial charge is 0.255 e. The van der Waals surface area contributed by atoms with Gasteiger partial charge in [-0.25, -0.2) is 4.39 Å². The molecule has 0 saturated heterocycles. The lowest BCUT2D eigenvalue weighted by Gasteiger charge is -2.11. The highest BCUT2D eigenvalue weighted by molar-refractivity contribution is 9.10. The second-order valence-electron chi connectivity index (χ2n) is 4.30. The van der Waals surface area contributed by atoms with Crippen molar-refractivity contribution < 1.29 is 9.18 Å². The van der Waals surface area contributed by atoms with E-state index in [0.29, 0.717) is 16.7 Å². The Bertz CT molecular complexity index is 611. The minimum absolute atomic E-state index is 0.274. The van der Waals surface area contributed by atoms with Gasteiger partial charge >= 0.3 is 0 Å². The number of hydrogen-bond acceptors (Lipinski definition) is 2. The maximum Gasteiger partial charge on any atom is 0.255 e. The van der Waals surface area contributed by atoms with Crippen molar-refractivity contribution in [1.29, 1.82) is 0 Å². The molecule has 0 spiro atoms. The van der Waals surface area contributed by atoms with E-state index in [2.05, 4.69) is 26.6 Å². The summed E-state index contributed by atoms with van der Waals surface area (Å²) in [7, 11) is 1.84. The molecule has 0 aliphatic rings. The van der Waals surface area contributed by atoms with Gasteiger partial charge in [-0.3, -0.25) is 4.79 Å². The third-order valence-electron chi connectivity index (χ3n) is 2.76. The Morgan fingerprint density at radius 3 is 2.70 bits per heavy atom. The van der Waals surface area contributed by atoms with E-state index in [0.717, 1.165) is 5.56 Å². The molecule has 0 radical (unpaired) electrons. The molecule has 2 aromatic carbocycles. The van der Waals surface area contributed by atoms with Crippen molar-refractivity contribution in [3.8, 4) is 0 Å². The van der Waals surface area contributed by atoms with E-state index in [1.54, 1.807) is 6.07 Å². The number of anilines is 1. The van der Waals surface area contributed by atoms with Crippen molar-refractivity contribution >= 4 is 27.5 Å². The van der Waals surface area contributed by atoms with Crippen LogP contribution in [0, 0.1) is 5.82 Å². The number of nitrogens with one attached hydrogen (secondary N) is 2. The molecule has 5 heteroatoms. The number of para-hydroxylation sites is 1. The van der Waals surface area contributed by atoms with E-state index in [1.807, 2.05) is 31.3 Å². The van der Waals surface area contributed by atoms with Gasteiger partial charge in [0.1, 0.15) is 5.82 Å². The minimum atomic E-state index is -0.451. The van der Waals surface area contributed by atoms with Gasteiger partial charge in [0.25, 0.3) is 5.91 Å². The van der Waals surface area contributed by atoms with Gasteiger partial charge in [-0.15, -0.1) is 0 Å². The molecular weight excluding hydrogens is 323 g/mol. The van der Waals surface area contributed by atoms with Crippen molar-refractivity contribution in [2.75, 3.05) is 12.4 Å². The Hall–Kier alpha value is -1.72. The molecule has 1 amide bonds. The maximum absolute atomic E-state index is 13.3. The molecule has 0 bridgehead atoms. The molecule has 20 heavy (non-hydrogen) atoms. The van der Waals surface area contributed by atoms with Gasteiger partial charge < -0.3 is 10.6 Å². The van der Waals surface area contributed by atoms with Crippen LogP contribution in [0.1, 0.15) is 15.9 Å². The fraction of sp³-hybridized carbons (Fsp3) is 0.133. The lowest BCUT2D eigenvalue weighted by atomic mass is 10.1. The van der Waals surface area contributed by atoms with Crippen LogP contribution >= 0.6 is 15.9 Å². The first kappa shape index (κ1) is 14.7. The van der Waals surface area contributed by atoms with E-state index < -0.39 is 5.82 Å². The number of carbonyl (C=O) groups is 1. The average Bonchev–Trinajstić information content (AvgIpc) is 2.40. The Labute approximate surface area is 125 Å². The molecule has 2 aromatic rings. The number of halogens is 2. The van der Waals surface area contributed by atoms with Gasteiger partial charge in [-0.1, -0.05) is 34.1 Å². The highest BCUT2D eigenvalue weighted by atomic mass is 79.9. The maximum atomic E-state index is 13.3. The summed E-state index contributed by atoms with van der Waals surface area (Å²) in [6.45, 7) is 0.642. The summed E-state index contributed by atoms with van der Waals surface area (Å²) in [6, 6.07) is 11.6. The SMILES string of the molecule is CNCc1ccccc1NC(=O)c1cc(F)cc(Br)c1. The van der Waals surface area contributed by atoms with Crippen molar-refractivity contribution in [2.24, 2.45) is 0 Å². The van der Waals surface area contributed by atoms with Gasteiger partial charge in [-0.05, 0) is 36.9 Å². The molecule has 0 fully saturated rings. The van der Waals surface area contributed by atoms with Crippen LogP contribution in [0.3, 0.4) is 0 Å². The summed E-state index contributed by atoms with van der Waals surface area (Å²) in [5.74, 6) is -0.790. The summed E-state index contributed by atoms with van der Waals surface area (Å²) in [6.07, 6.45) is 0. The highest BCUT2D eigenvalue weighted by Gasteiger charge is 2.10. The Balaban J connectivity index is 2.23. The van der Waals surface area contributed by atoms with Gasteiger partial charge in [0, 0.05) is 22.3 Å². The van der Waals surface area contributed by atoms with Crippen LogP contribution in [0.15, 0.2) is 46.9 Å². The zero-order valence-electron chi connectivity index (χ0n) is 10.9. The van der Waals surface area contributed by atoms with Crippen LogP contribution in [0.5, 0.6) is 0 Å². The predicted octanol–water partition coefficient (Wildman–Crippen LogP) is 3.56. The molecule has 0 atom stereocenters. The van der Waals surface area contributed by atoms with Crippen LogP contribution in [-0.2, 0) is 6.54 Å². The Morgan fingerprint density at radius 1 is 1.25 bits per heavy atom. The Morgan fingerprint density at radius 2 is 2.00 bits per heavy atom. The van der Waals surface area contributed by atoms with E-state index in [-0.39, 0.29) is 11.5 Å². The molecule has 2 rings (SSSR count). The molecular formula is C15H14BrFN2O. The molecule has 0 aliphatic heterocycles. The molecule has 3 nitrogen and oxygen atoms in total. The second kappa shape index (κ2) is 6.63. The van der Waals surface area contributed by atoms with E-state index in [4.69, 9.17) is 0 Å². The van der Waals surface area contributed by atoms with E-state index in [1.165, 1.54) is 12.1 Å². The number of rotatable bonds is 4. The zero-order chi connectivity index (χ0) is 14.5. The van der Waals surface area contributed by atoms with Crippen molar-refractivity contribution in [2.45, 2.75) is 6.54 Å². The Kier molecular flexibility index (Phi) is 4.87. The minimum Gasteiger partial charge on any atom is -0.322 e. The monoisotopic (exact) mass is 336 g/mol. The number of amides is 1. The van der Waals surface area contributed by atoms with Gasteiger partial charge in [0.05, 0.1) is 0 Å². The largest absolute Gasteiger partial charge is 0.322 e. The van der Waals surface area contributed by atoms with Crippen LogP contribution in [0.25, 0.3) is 0 Å². The van der Waals surface area contributed by atoms with Crippen LogP contribution < -0.4 is 10.6 Å². The average molecular weight is 337 g/mol. The number of carbonyl (C=O) groups excluding carboxylic acids is 1. The molecule has 104 valence electrons. The van der Waals surface area contributed by atoms with Crippen LogP contribution in [0.2, 0.25) is 0 Å². The molecule has 0 saturated carbocycles. The van der Waals surface area contributed by atoms with Crippen LogP contribution in [0.4, 0.5) is 10.1 Å². The zero-order valence-corrected chi connectivity index (χ0v) is 12.5. The first-order chi connectivity index (χ1) is 9.60. The summed E-state index contributed by atoms with van der Waals surface area (Å²) in [4.78, 5) is 12.2. The summed E-state index contributed by atoms with van der Waals surface area (Å²) in [5.41, 5.74) is 1.96. The topological polar surface area (TPSA) is 41.1 Å². The standard InChI is InChI=1S/C15H14BrFN2O/c1-18-9-10-4-2-3-5-14(10)19-15(20)11-6-12(16)8-13(17)7-11/h2-8,18H,9H2,1H3,(H,19,20). The summed E-state index contributed by atoms with van der Waals surface area (Å²) in [5, 5.41) is 5.84. The summed E-state index contributed by atoms with van der Waals surface area (Å²) >= 11 is 3.18. The lowest BCUT2D eigenvalue weighted by Crippen LogP contribution is -2.15. The highest BCUT2D eigenvalue weighted by Crippen LogP contribution is 2.19. The van der Waals surface area contributed by atoms with Crippen molar-refractivity contribution in [3.63, 3.8) is 0 Å². The van der Waals surface area contributed by atoms with E-state index in [9.17, 15) is 9.18 Å². The van der Waals surface area contributed by atoms with E-state index >= 15 is 0 Å². The third kappa shape index (κ3) is 3.65. The lowest BCUT2D eigenvalue weighted by molar-refractivity contribution is 0.102. The molecule has 0 heterocycles. The molecule has 0 aromatic heterocycles. The normalized spacial score (nSPS) is 10.3. The molecule has 2 N–H and O–H groups in total. The quantitative estimate of drug-likeness (QED) is 0.896. The molecule has 0 aliphatic carbocycles. The first-order valence-corrected chi connectivity index (χ1v) is 6.89. The van der Waals surface area contributed by atoms with Crippen molar-refractivity contribution in [3.05, 3.63) is 63.9 Å². The fourth-order valence-corrected chi connectivity index (χ4v) is 2.33. The fourth-order valence-electron chi connectivity index (χ4n) is 1.87. The first-order valence-electron chi connectivity index (χ1n) is 6.10. The van der Waals surface area contributed by atoms with Crippen LogP contribution in [-0.4, -0.2) is 13.0 Å².